The van der Waals surface area contributed by atoms with Gasteiger partial charge in [-0.15, -0.1) is 0 Å². The van der Waals surface area contributed by atoms with E-state index >= 15 is 0 Å². The Bertz CT molecular complexity index is 181. The maximum atomic E-state index is 11.1. The molecule has 2 bridgehead atoms. The van der Waals surface area contributed by atoms with E-state index in [0.717, 1.165) is 19.3 Å². The largest absolute Gasteiger partial charge is 0.368 e. The van der Waals surface area contributed by atoms with E-state index in [1.54, 1.807) is 0 Å². The SMILES string of the molecule is O=C1CC2CC1CC2OCS. The molecule has 0 spiro atoms. The van der Waals surface area contributed by atoms with Gasteiger partial charge in [-0.1, -0.05) is 0 Å². The molecule has 3 atom stereocenters. The van der Waals surface area contributed by atoms with E-state index in [4.69, 9.17) is 4.74 Å². The molecule has 0 aliphatic heterocycles. The van der Waals surface area contributed by atoms with E-state index in [1.165, 1.54) is 0 Å². The lowest BCUT2D eigenvalue weighted by atomic mass is 9.97. The Morgan fingerprint density at radius 3 is 2.82 bits per heavy atom. The summed E-state index contributed by atoms with van der Waals surface area (Å²) in [4.78, 5) is 11.1. The van der Waals surface area contributed by atoms with Gasteiger partial charge < -0.3 is 4.74 Å². The van der Waals surface area contributed by atoms with Crippen molar-refractivity contribution in [3.8, 4) is 0 Å². The maximum Gasteiger partial charge on any atom is 0.136 e. The quantitative estimate of drug-likeness (QED) is 0.501. The molecule has 3 unspecified atom stereocenters. The van der Waals surface area contributed by atoms with E-state index < -0.39 is 0 Å². The van der Waals surface area contributed by atoms with Crippen LogP contribution in [0.25, 0.3) is 0 Å². The summed E-state index contributed by atoms with van der Waals surface area (Å²) in [5, 5.41) is 0. The first-order chi connectivity index (χ1) is 5.31. The maximum absolute atomic E-state index is 11.1. The van der Waals surface area contributed by atoms with Crippen molar-refractivity contribution in [2.24, 2.45) is 11.8 Å². The van der Waals surface area contributed by atoms with Crippen molar-refractivity contribution in [2.75, 3.05) is 5.94 Å². The first-order valence-electron chi connectivity index (χ1n) is 4.06. The molecule has 2 aliphatic rings. The number of hydrogen-bond acceptors (Lipinski definition) is 3. The first kappa shape index (κ1) is 7.62. The van der Waals surface area contributed by atoms with Crippen LogP contribution in [-0.4, -0.2) is 17.8 Å². The summed E-state index contributed by atoms with van der Waals surface area (Å²) in [5.41, 5.74) is 0. The van der Waals surface area contributed by atoms with Gasteiger partial charge in [-0.05, 0) is 18.8 Å². The lowest BCUT2D eigenvalue weighted by Gasteiger charge is -2.19. The molecule has 2 fully saturated rings. The first-order valence-corrected chi connectivity index (χ1v) is 4.69. The Kier molecular flexibility index (Phi) is 1.93. The fourth-order valence-corrected chi connectivity index (χ4v) is 2.48. The smallest absolute Gasteiger partial charge is 0.136 e. The van der Waals surface area contributed by atoms with Crippen molar-refractivity contribution >= 4 is 18.4 Å². The van der Waals surface area contributed by atoms with Crippen LogP contribution in [0.15, 0.2) is 0 Å². The number of hydrogen-bond donors (Lipinski definition) is 1. The van der Waals surface area contributed by atoms with Gasteiger partial charge >= 0.3 is 0 Å². The van der Waals surface area contributed by atoms with Gasteiger partial charge in [0.15, 0.2) is 0 Å². The summed E-state index contributed by atoms with van der Waals surface area (Å²) in [6.45, 7) is 0. The number of ether oxygens (including phenoxy) is 1. The number of rotatable bonds is 2. The van der Waals surface area contributed by atoms with Crippen molar-refractivity contribution in [2.45, 2.75) is 25.4 Å². The number of carbonyl (C=O) groups excluding carboxylic acids is 1. The van der Waals surface area contributed by atoms with Crippen LogP contribution in [0, 0.1) is 11.8 Å². The molecule has 0 saturated heterocycles. The van der Waals surface area contributed by atoms with Crippen molar-refractivity contribution < 1.29 is 9.53 Å². The molecule has 0 N–H and O–H groups in total. The summed E-state index contributed by atoms with van der Waals surface area (Å²) >= 11 is 4.01. The Morgan fingerprint density at radius 2 is 2.36 bits per heavy atom. The zero-order valence-corrected chi connectivity index (χ0v) is 7.22. The van der Waals surface area contributed by atoms with Gasteiger partial charge in [0, 0.05) is 12.3 Å². The van der Waals surface area contributed by atoms with Crippen LogP contribution in [0.3, 0.4) is 0 Å². The predicted octanol–water partition coefficient (Wildman–Crippen LogP) is 1.26. The Balaban J connectivity index is 1.97. The highest BCUT2D eigenvalue weighted by atomic mass is 32.1. The van der Waals surface area contributed by atoms with Crippen LogP contribution in [0.1, 0.15) is 19.3 Å². The second-order valence-corrected chi connectivity index (χ2v) is 3.69. The lowest BCUT2D eigenvalue weighted by molar-refractivity contribution is -0.123. The Morgan fingerprint density at radius 1 is 1.55 bits per heavy atom. The van der Waals surface area contributed by atoms with Gasteiger partial charge in [-0.3, -0.25) is 4.79 Å². The van der Waals surface area contributed by atoms with Crippen LogP contribution >= 0.6 is 12.6 Å². The topological polar surface area (TPSA) is 26.3 Å². The summed E-state index contributed by atoms with van der Waals surface area (Å²) in [6, 6.07) is 0. The fourth-order valence-electron chi connectivity index (χ4n) is 2.29. The number of thiol groups is 1. The average molecular weight is 172 g/mol. The number of ketones is 1. The van der Waals surface area contributed by atoms with Gasteiger partial charge in [0.25, 0.3) is 0 Å². The van der Waals surface area contributed by atoms with Gasteiger partial charge in [-0.25, -0.2) is 0 Å². The van der Waals surface area contributed by atoms with Crippen LogP contribution < -0.4 is 0 Å². The minimum Gasteiger partial charge on any atom is -0.368 e. The second-order valence-electron chi connectivity index (χ2n) is 3.43. The average Bonchev–Trinajstić information content (AvgIpc) is 2.47. The number of fused-ring (bicyclic) bond motifs is 2. The summed E-state index contributed by atoms with van der Waals surface area (Å²) in [7, 11) is 0. The monoisotopic (exact) mass is 172 g/mol. The molecule has 2 nitrogen and oxygen atoms in total. The molecule has 2 saturated carbocycles. The second kappa shape index (κ2) is 2.79. The van der Waals surface area contributed by atoms with E-state index in [1.807, 2.05) is 0 Å². The third-order valence-corrected chi connectivity index (χ3v) is 2.99. The van der Waals surface area contributed by atoms with Crippen molar-refractivity contribution in [3.63, 3.8) is 0 Å². The number of carbonyl (C=O) groups is 1. The Hall–Kier alpha value is -0.0200. The molecule has 11 heavy (non-hydrogen) atoms. The molecule has 2 rings (SSSR count). The van der Waals surface area contributed by atoms with Gasteiger partial charge in [-0.2, -0.15) is 12.6 Å². The highest BCUT2D eigenvalue weighted by Gasteiger charge is 2.45. The highest BCUT2D eigenvalue weighted by Crippen LogP contribution is 2.43. The predicted molar refractivity (Wildman–Crippen MR) is 44.6 cm³/mol. The van der Waals surface area contributed by atoms with Crippen LogP contribution in [0.4, 0.5) is 0 Å². The molecule has 2 aliphatic carbocycles. The van der Waals surface area contributed by atoms with Gasteiger partial charge in [0.1, 0.15) is 5.78 Å². The zero-order valence-electron chi connectivity index (χ0n) is 6.32. The van der Waals surface area contributed by atoms with Crippen LogP contribution in [0.2, 0.25) is 0 Å². The van der Waals surface area contributed by atoms with E-state index in [2.05, 4.69) is 12.6 Å². The van der Waals surface area contributed by atoms with E-state index in [0.29, 0.717) is 29.7 Å². The molecule has 0 heterocycles. The van der Waals surface area contributed by atoms with E-state index in [9.17, 15) is 4.79 Å². The van der Waals surface area contributed by atoms with Crippen molar-refractivity contribution in [1.82, 2.24) is 0 Å². The molecule has 0 radical (unpaired) electrons. The minimum absolute atomic E-state index is 0.324. The summed E-state index contributed by atoms with van der Waals surface area (Å²) in [5.74, 6) is 1.78. The minimum atomic E-state index is 0.324. The molecule has 3 heteroatoms. The van der Waals surface area contributed by atoms with E-state index in [-0.39, 0.29) is 0 Å². The van der Waals surface area contributed by atoms with Crippen LogP contribution in [-0.2, 0) is 9.53 Å². The molecule has 62 valence electrons. The lowest BCUT2D eigenvalue weighted by Crippen LogP contribution is -2.24. The molecule has 0 amide bonds. The zero-order chi connectivity index (χ0) is 7.84. The third kappa shape index (κ3) is 1.20. The standard InChI is InChI=1S/C8H12O2S/c9-7-2-6-1-5(7)3-8(6)10-4-11/h5-6,8,11H,1-4H2. The van der Waals surface area contributed by atoms with Crippen molar-refractivity contribution in [3.05, 3.63) is 0 Å². The molecule has 0 aromatic rings. The van der Waals surface area contributed by atoms with Crippen LogP contribution in [0.5, 0.6) is 0 Å². The summed E-state index contributed by atoms with van der Waals surface area (Å²) < 4.78 is 5.40. The number of Topliss-reactive ketones (excluding diaryl/α,β-unsaturated/α-hetero) is 1. The van der Waals surface area contributed by atoms with Crippen molar-refractivity contribution in [1.29, 1.82) is 0 Å². The molecule has 0 aromatic heterocycles. The molecule has 0 aromatic carbocycles. The third-order valence-electron chi connectivity index (χ3n) is 2.84. The molecular formula is C8H12O2S. The normalized spacial score (nSPS) is 41.9. The Labute approximate surface area is 71.7 Å². The molecular weight excluding hydrogens is 160 g/mol. The fraction of sp³-hybridized carbons (Fsp3) is 0.875. The van der Waals surface area contributed by atoms with Gasteiger partial charge in [0.05, 0.1) is 12.0 Å². The highest BCUT2D eigenvalue weighted by molar-refractivity contribution is 7.80. The summed E-state index contributed by atoms with van der Waals surface area (Å²) in [6.07, 6.45) is 3.10. The van der Waals surface area contributed by atoms with Gasteiger partial charge in [0.2, 0.25) is 0 Å².